The molecular formula is C12H13NOS. The Kier molecular flexibility index (Phi) is 2.73. The van der Waals surface area contributed by atoms with Crippen molar-refractivity contribution in [3.8, 4) is 16.2 Å². The SMILES string of the molecule is COc1ccccc1-c1sc(C)nc1C. The van der Waals surface area contributed by atoms with Crippen molar-refractivity contribution in [3.63, 3.8) is 0 Å². The standard InChI is InChI=1S/C12H13NOS/c1-8-12(15-9(2)13-8)10-6-4-5-7-11(10)14-3/h4-7H,1-3H3. The minimum absolute atomic E-state index is 0.907. The number of hydrogen-bond acceptors (Lipinski definition) is 3. The van der Waals surface area contributed by atoms with Crippen molar-refractivity contribution >= 4 is 11.3 Å². The third-order valence-electron chi connectivity index (χ3n) is 2.26. The zero-order valence-electron chi connectivity index (χ0n) is 9.07. The Hall–Kier alpha value is -1.35. The lowest BCUT2D eigenvalue weighted by molar-refractivity contribution is 0.416. The van der Waals surface area contributed by atoms with Gasteiger partial charge < -0.3 is 4.74 Å². The molecule has 0 aliphatic carbocycles. The number of hydrogen-bond donors (Lipinski definition) is 0. The Morgan fingerprint density at radius 1 is 1.20 bits per heavy atom. The van der Waals surface area contributed by atoms with Crippen LogP contribution in [-0.2, 0) is 0 Å². The fourth-order valence-electron chi connectivity index (χ4n) is 1.61. The number of rotatable bonds is 2. The molecule has 0 spiro atoms. The quantitative estimate of drug-likeness (QED) is 0.772. The maximum atomic E-state index is 5.34. The van der Waals surface area contributed by atoms with Gasteiger partial charge in [-0.3, -0.25) is 0 Å². The first-order chi connectivity index (χ1) is 7.22. The van der Waals surface area contributed by atoms with Crippen molar-refractivity contribution in [2.45, 2.75) is 13.8 Å². The highest BCUT2D eigenvalue weighted by molar-refractivity contribution is 7.15. The molecule has 0 atom stereocenters. The van der Waals surface area contributed by atoms with Crippen LogP contribution in [0.5, 0.6) is 5.75 Å². The molecule has 15 heavy (non-hydrogen) atoms. The number of thiazole rings is 1. The van der Waals surface area contributed by atoms with Crippen LogP contribution >= 0.6 is 11.3 Å². The van der Waals surface area contributed by atoms with Gasteiger partial charge in [-0.2, -0.15) is 0 Å². The highest BCUT2D eigenvalue weighted by Crippen LogP contribution is 2.35. The van der Waals surface area contributed by atoms with E-state index in [1.165, 1.54) is 4.88 Å². The van der Waals surface area contributed by atoms with E-state index >= 15 is 0 Å². The minimum Gasteiger partial charge on any atom is -0.496 e. The molecule has 0 saturated carbocycles. The molecule has 0 fully saturated rings. The second-order valence-corrected chi connectivity index (χ2v) is 4.55. The van der Waals surface area contributed by atoms with Crippen molar-refractivity contribution in [2.24, 2.45) is 0 Å². The monoisotopic (exact) mass is 219 g/mol. The molecule has 78 valence electrons. The smallest absolute Gasteiger partial charge is 0.127 e. The first kappa shape index (κ1) is 10.2. The van der Waals surface area contributed by atoms with Gasteiger partial charge in [0.25, 0.3) is 0 Å². The molecule has 0 unspecified atom stereocenters. The number of benzene rings is 1. The first-order valence-electron chi connectivity index (χ1n) is 4.80. The summed E-state index contributed by atoms with van der Waals surface area (Å²) in [5.74, 6) is 0.907. The van der Waals surface area contributed by atoms with Crippen LogP contribution in [0.2, 0.25) is 0 Å². The van der Waals surface area contributed by atoms with E-state index in [1.807, 2.05) is 32.0 Å². The van der Waals surface area contributed by atoms with E-state index in [1.54, 1.807) is 18.4 Å². The highest BCUT2D eigenvalue weighted by atomic mass is 32.1. The summed E-state index contributed by atoms with van der Waals surface area (Å²) in [6, 6.07) is 8.04. The molecule has 0 aliphatic rings. The molecule has 1 aromatic carbocycles. The van der Waals surface area contributed by atoms with Crippen molar-refractivity contribution < 1.29 is 4.74 Å². The van der Waals surface area contributed by atoms with Crippen LogP contribution in [0.15, 0.2) is 24.3 Å². The average Bonchev–Trinajstić information content (AvgIpc) is 2.57. The molecule has 3 heteroatoms. The summed E-state index contributed by atoms with van der Waals surface area (Å²) in [7, 11) is 1.70. The van der Waals surface area contributed by atoms with E-state index in [0.717, 1.165) is 22.0 Å². The maximum absolute atomic E-state index is 5.34. The van der Waals surface area contributed by atoms with Crippen molar-refractivity contribution in [1.82, 2.24) is 4.98 Å². The predicted molar refractivity (Wildman–Crippen MR) is 63.6 cm³/mol. The number of nitrogens with zero attached hydrogens (tertiary/aromatic N) is 1. The van der Waals surface area contributed by atoms with Crippen LogP contribution < -0.4 is 4.74 Å². The number of para-hydroxylation sites is 1. The molecule has 0 aliphatic heterocycles. The van der Waals surface area contributed by atoms with Gasteiger partial charge >= 0.3 is 0 Å². The summed E-state index contributed by atoms with van der Waals surface area (Å²) in [6.45, 7) is 4.06. The van der Waals surface area contributed by atoms with Gasteiger partial charge in [-0.15, -0.1) is 11.3 Å². The van der Waals surface area contributed by atoms with Crippen LogP contribution in [0, 0.1) is 13.8 Å². The lowest BCUT2D eigenvalue weighted by Crippen LogP contribution is -1.86. The third-order valence-corrected chi connectivity index (χ3v) is 3.36. The molecule has 0 N–H and O–H groups in total. The third kappa shape index (κ3) is 1.88. The number of aryl methyl sites for hydroxylation is 2. The number of methoxy groups -OCH3 is 1. The van der Waals surface area contributed by atoms with E-state index < -0.39 is 0 Å². The summed E-state index contributed by atoms with van der Waals surface area (Å²) in [5, 5.41) is 1.09. The van der Waals surface area contributed by atoms with E-state index in [0.29, 0.717) is 0 Å². The van der Waals surface area contributed by atoms with Gasteiger partial charge in [0.15, 0.2) is 0 Å². The second-order valence-electron chi connectivity index (χ2n) is 3.35. The molecule has 1 heterocycles. The molecule has 0 amide bonds. The largest absolute Gasteiger partial charge is 0.496 e. The van der Waals surface area contributed by atoms with Gasteiger partial charge in [-0.1, -0.05) is 12.1 Å². The zero-order chi connectivity index (χ0) is 10.8. The van der Waals surface area contributed by atoms with Gasteiger partial charge in [0.1, 0.15) is 5.75 Å². The minimum atomic E-state index is 0.907. The van der Waals surface area contributed by atoms with Gasteiger partial charge in [0, 0.05) is 5.56 Å². The molecule has 2 nitrogen and oxygen atoms in total. The fourth-order valence-corrected chi connectivity index (χ4v) is 2.56. The van der Waals surface area contributed by atoms with Crippen LogP contribution in [0.1, 0.15) is 10.7 Å². The summed E-state index contributed by atoms with van der Waals surface area (Å²) in [5.41, 5.74) is 2.20. The van der Waals surface area contributed by atoms with Gasteiger partial charge in [-0.05, 0) is 26.0 Å². The summed E-state index contributed by atoms with van der Waals surface area (Å²) in [4.78, 5) is 5.62. The Morgan fingerprint density at radius 2 is 1.93 bits per heavy atom. The van der Waals surface area contributed by atoms with Crippen molar-refractivity contribution in [1.29, 1.82) is 0 Å². The maximum Gasteiger partial charge on any atom is 0.127 e. The Morgan fingerprint density at radius 3 is 2.53 bits per heavy atom. The molecule has 1 aromatic heterocycles. The summed E-state index contributed by atoms with van der Waals surface area (Å²) in [6.07, 6.45) is 0. The molecule has 0 bridgehead atoms. The first-order valence-corrected chi connectivity index (χ1v) is 5.61. The second kappa shape index (κ2) is 4.03. The molecular weight excluding hydrogens is 206 g/mol. The van der Waals surface area contributed by atoms with Gasteiger partial charge in [0.05, 0.1) is 22.7 Å². The lowest BCUT2D eigenvalue weighted by atomic mass is 10.1. The number of aromatic nitrogens is 1. The van der Waals surface area contributed by atoms with Crippen molar-refractivity contribution in [3.05, 3.63) is 35.0 Å². The molecule has 0 radical (unpaired) electrons. The van der Waals surface area contributed by atoms with Gasteiger partial charge in [-0.25, -0.2) is 4.98 Å². The highest BCUT2D eigenvalue weighted by Gasteiger charge is 2.11. The Bertz CT molecular complexity index is 476. The molecule has 2 rings (SSSR count). The van der Waals surface area contributed by atoms with E-state index in [-0.39, 0.29) is 0 Å². The zero-order valence-corrected chi connectivity index (χ0v) is 9.89. The average molecular weight is 219 g/mol. The topological polar surface area (TPSA) is 22.1 Å². The normalized spacial score (nSPS) is 10.3. The van der Waals surface area contributed by atoms with Crippen LogP contribution in [0.4, 0.5) is 0 Å². The molecule has 0 saturated heterocycles. The summed E-state index contributed by atoms with van der Waals surface area (Å²) < 4.78 is 5.34. The van der Waals surface area contributed by atoms with Crippen LogP contribution in [0.25, 0.3) is 10.4 Å². The number of ether oxygens (including phenoxy) is 1. The summed E-state index contributed by atoms with van der Waals surface area (Å²) >= 11 is 1.71. The van der Waals surface area contributed by atoms with Crippen LogP contribution in [0.3, 0.4) is 0 Å². The molecule has 2 aromatic rings. The lowest BCUT2D eigenvalue weighted by Gasteiger charge is -2.06. The van der Waals surface area contributed by atoms with Crippen molar-refractivity contribution in [2.75, 3.05) is 7.11 Å². The fraction of sp³-hybridized carbons (Fsp3) is 0.250. The van der Waals surface area contributed by atoms with Gasteiger partial charge in [0.2, 0.25) is 0 Å². The van der Waals surface area contributed by atoms with E-state index in [4.69, 9.17) is 4.74 Å². The Labute approximate surface area is 93.6 Å². The predicted octanol–water partition coefficient (Wildman–Crippen LogP) is 3.44. The van der Waals surface area contributed by atoms with Crippen LogP contribution in [-0.4, -0.2) is 12.1 Å². The Balaban J connectivity index is 2.58. The van der Waals surface area contributed by atoms with E-state index in [9.17, 15) is 0 Å². The van der Waals surface area contributed by atoms with E-state index in [2.05, 4.69) is 11.1 Å².